The zero-order valence-corrected chi connectivity index (χ0v) is 9.13. The van der Waals surface area contributed by atoms with Gasteiger partial charge in [-0.25, -0.2) is 0 Å². The summed E-state index contributed by atoms with van der Waals surface area (Å²) in [5.74, 6) is 1.54. The van der Waals surface area contributed by atoms with Crippen LogP contribution in [0, 0.1) is 11.8 Å². The van der Waals surface area contributed by atoms with Gasteiger partial charge in [0.15, 0.2) is 0 Å². The first-order valence-electron chi connectivity index (χ1n) is 5.96. The summed E-state index contributed by atoms with van der Waals surface area (Å²) >= 11 is 0. The molecule has 1 nitrogen and oxygen atoms in total. The van der Waals surface area contributed by atoms with Crippen LogP contribution in [-0.4, -0.2) is 11.2 Å². The topological polar surface area (TPSA) is 20.2 Å². The molecule has 0 aromatic carbocycles. The van der Waals surface area contributed by atoms with Crippen LogP contribution < -0.4 is 0 Å². The largest absolute Gasteiger partial charge is 0.393 e. The van der Waals surface area contributed by atoms with Gasteiger partial charge in [-0.1, -0.05) is 39.5 Å². The third-order valence-corrected chi connectivity index (χ3v) is 3.67. The standard InChI is InChI=1S/C12H24O/c1-3-10-6-5-7-11(9-8-10)12(13)4-2/h10-13H,3-9H2,1-2H3. The lowest BCUT2D eigenvalue weighted by atomic mass is 9.91. The lowest BCUT2D eigenvalue weighted by molar-refractivity contribution is 0.0941. The van der Waals surface area contributed by atoms with Crippen molar-refractivity contribution in [2.75, 3.05) is 0 Å². The second-order valence-corrected chi connectivity index (χ2v) is 4.52. The third-order valence-electron chi connectivity index (χ3n) is 3.67. The van der Waals surface area contributed by atoms with Crippen molar-refractivity contribution >= 4 is 0 Å². The average Bonchev–Trinajstić information content (AvgIpc) is 2.41. The lowest BCUT2D eigenvalue weighted by Gasteiger charge is -2.19. The van der Waals surface area contributed by atoms with Gasteiger partial charge in [0.25, 0.3) is 0 Å². The van der Waals surface area contributed by atoms with Crippen LogP contribution in [-0.2, 0) is 0 Å². The van der Waals surface area contributed by atoms with Gasteiger partial charge in [0.2, 0.25) is 0 Å². The first-order valence-corrected chi connectivity index (χ1v) is 5.96. The van der Waals surface area contributed by atoms with Gasteiger partial charge in [0.05, 0.1) is 6.10 Å². The van der Waals surface area contributed by atoms with E-state index in [9.17, 15) is 5.11 Å². The average molecular weight is 184 g/mol. The molecule has 0 spiro atoms. The summed E-state index contributed by atoms with van der Waals surface area (Å²) in [5, 5.41) is 9.77. The quantitative estimate of drug-likeness (QED) is 0.667. The number of aliphatic hydroxyl groups excluding tert-OH is 1. The molecule has 78 valence electrons. The molecule has 0 aromatic heterocycles. The monoisotopic (exact) mass is 184 g/mol. The molecule has 1 aliphatic carbocycles. The van der Waals surface area contributed by atoms with E-state index in [0.717, 1.165) is 12.3 Å². The van der Waals surface area contributed by atoms with Crippen molar-refractivity contribution in [3.05, 3.63) is 0 Å². The minimum atomic E-state index is -0.0318. The van der Waals surface area contributed by atoms with E-state index in [1.807, 2.05) is 0 Å². The Morgan fingerprint density at radius 1 is 1.15 bits per heavy atom. The van der Waals surface area contributed by atoms with E-state index in [-0.39, 0.29) is 6.10 Å². The van der Waals surface area contributed by atoms with Crippen molar-refractivity contribution in [3.63, 3.8) is 0 Å². The molecule has 1 heteroatoms. The van der Waals surface area contributed by atoms with E-state index in [1.165, 1.54) is 38.5 Å². The highest BCUT2D eigenvalue weighted by Crippen LogP contribution is 2.31. The maximum Gasteiger partial charge on any atom is 0.0565 e. The number of aliphatic hydroxyl groups is 1. The van der Waals surface area contributed by atoms with Crippen molar-refractivity contribution in [2.45, 2.75) is 64.9 Å². The highest BCUT2D eigenvalue weighted by molar-refractivity contribution is 4.74. The Labute approximate surface area is 82.5 Å². The highest BCUT2D eigenvalue weighted by Gasteiger charge is 2.22. The van der Waals surface area contributed by atoms with Crippen LogP contribution in [0.15, 0.2) is 0 Å². The molecule has 13 heavy (non-hydrogen) atoms. The van der Waals surface area contributed by atoms with Crippen LogP contribution in [0.4, 0.5) is 0 Å². The maximum absolute atomic E-state index is 9.77. The van der Waals surface area contributed by atoms with Crippen LogP contribution in [0.25, 0.3) is 0 Å². The van der Waals surface area contributed by atoms with Crippen LogP contribution >= 0.6 is 0 Å². The van der Waals surface area contributed by atoms with E-state index in [4.69, 9.17) is 0 Å². The molecule has 0 radical (unpaired) electrons. The SMILES string of the molecule is CCC1CCCC(C(O)CC)CC1. The Hall–Kier alpha value is -0.0400. The lowest BCUT2D eigenvalue weighted by Crippen LogP contribution is -2.18. The Kier molecular flexibility index (Phi) is 4.79. The summed E-state index contributed by atoms with van der Waals surface area (Å²) < 4.78 is 0. The second kappa shape index (κ2) is 5.64. The zero-order chi connectivity index (χ0) is 9.68. The minimum absolute atomic E-state index is 0.0318. The van der Waals surface area contributed by atoms with Gasteiger partial charge in [-0.15, -0.1) is 0 Å². The van der Waals surface area contributed by atoms with Crippen molar-refractivity contribution < 1.29 is 5.11 Å². The summed E-state index contributed by atoms with van der Waals surface area (Å²) in [6.45, 7) is 4.38. The van der Waals surface area contributed by atoms with E-state index in [0.29, 0.717) is 5.92 Å². The van der Waals surface area contributed by atoms with E-state index in [2.05, 4.69) is 13.8 Å². The first-order chi connectivity index (χ1) is 6.27. The first kappa shape index (κ1) is 11.0. The van der Waals surface area contributed by atoms with Gasteiger partial charge in [-0.2, -0.15) is 0 Å². The Morgan fingerprint density at radius 3 is 2.54 bits per heavy atom. The number of rotatable bonds is 3. The molecular weight excluding hydrogens is 160 g/mol. The van der Waals surface area contributed by atoms with Crippen molar-refractivity contribution in [1.82, 2.24) is 0 Å². The fourth-order valence-corrected chi connectivity index (χ4v) is 2.53. The van der Waals surface area contributed by atoms with Gasteiger partial charge in [0.1, 0.15) is 0 Å². The van der Waals surface area contributed by atoms with Crippen LogP contribution in [0.1, 0.15) is 58.8 Å². The van der Waals surface area contributed by atoms with Gasteiger partial charge < -0.3 is 5.11 Å². The smallest absolute Gasteiger partial charge is 0.0565 e. The minimum Gasteiger partial charge on any atom is -0.393 e. The number of hydrogen-bond acceptors (Lipinski definition) is 1. The highest BCUT2D eigenvalue weighted by atomic mass is 16.3. The molecule has 0 heterocycles. The second-order valence-electron chi connectivity index (χ2n) is 4.52. The normalized spacial score (nSPS) is 32.5. The molecule has 1 aliphatic rings. The fourth-order valence-electron chi connectivity index (χ4n) is 2.53. The molecule has 0 saturated heterocycles. The van der Waals surface area contributed by atoms with Gasteiger partial charge >= 0.3 is 0 Å². The van der Waals surface area contributed by atoms with Crippen molar-refractivity contribution in [2.24, 2.45) is 11.8 Å². The van der Waals surface area contributed by atoms with Gasteiger partial charge in [-0.05, 0) is 31.1 Å². The summed E-state index contributed by atoms with van der Waals surface area (Å²) in [6.07, 6.45) is 8.81. The van der Waals surface area contributed by atoms with E-state index >= 15 is 0 Å². The molecule has 1 saturated carbocycles. The zero-order valence-electron chi connectivity index (χ0n) is 9.13. The Balaban J connectivity index is 2.35. The molecule has 0 amide bonds. The molecular formula is C12H24O. The van der Waals surface area contributed by atoms with Crippen LogP contribution in [0.2, 0.25) is 0 Å². The van der Waals surface area contributed by atoms with Crippen LogP contribution in [0.3, 0.4) is 0 Å². The van der Waals surface area contributed by atoms with Crippen molar-refractivity contribution in [3.8, 4) is 0 Å². The molecule has 0 aliphatic heterocycles. The Bertz CT molecular complexity index is 133. The maximum atomic E-state index is 9.77. The molecule has 0 aromatic rings. The van der Waals surface area contributed by atoms with E-state index in [1.54, 1.807) is 0 Å². The summed E-state index contributed by atoms with van der Waals surface area (Å²) in [7, 11) is 0. The van der Waals surface area contributed by atoms with Crippen molar-refractivity contribution in [1.29, 1.82) is 0 Å². The molecule has 1 rings (SSSR count). The molecule has 0 bridgehead atoms. The van der Waals surface area contributed by atoms with Gasteiger partial charge in [0, 0.05) is 0 Å². The molecule has 1 fully saturated rings. The third kappa shape index (κ3) is 3.30. The number of hydrogen-bond donors (Lipinski definition) is 1. The predicted octanol–water partition coefficient (Wildman–Crippen LogP) is 3.36. The molecule has 3 atom stereocenters. The Morgan fingerprint density at radius 2 is 1.92 bits per heavy atom. The van der Waals surface area contributed by atoms with Crippen LogP contribution in [0.5, 0.6) is 0 Å². The fraction of sp³-hybridized carbons (Fsp3) is 1.00. The molecule has 3 unspecified atom stereocenters. The summed E-state index contributed by atoms with van der Waals surface area (Å²) in [6, 6.07) is 0. The summed E-state index contributed by atoms with van der Waals surface area (Å²) in [5.41, 5.74) is 0. The van der Waals surface area contributed by atoms with E-state index < -0.39 is 0 Å². The molecule has 1 N–H and O–H groups in total. The predicted molar refractivity (Wildman–Crippen MR) is 56.7 cm³/mol. The summed E-state index contributed by atoms with van der Waals surface area (Å²) in [4.78, 5) is 0. The van der Waals surface area contributed by atoms with Gasteiger partial charge in [-0.3, -0.25) is 0 Å².